The Labute approximate surface area is 143 Å². The van der Waals surface area contributed by atoms with Gasteiger partial charge in [-0.05, 0) is 44.5 Å². The molecule has 1 N–H and O–H groups in total. The third-order valence-corrected chi connectivity index (χ3v) is 3.59. The molecule has 0 radical (unpaired) electrons. The quantitative estimate of drug-likeness (QED) is 0.803. The first-order valence-electron chi connectivity index (χ1n) is 8.30. The minimum absolute atomic E-state index is 0.104. The van der Waals surface area contributed by atoms with Crippen LogP contribution in [0, 0.1) is 6.92 Å². The summed E-state index contributed by atoms with van der Waals surface area (Å²) in [6, 6.07) is 17.1. The number of amides is 1. The molecule has 24 heavy (non-hydrogen) atoms. The molecular formula is C20H25NO3. The van der Waals surface area contributed by atoms with E-state index in [-0.39, 0.29) is 11.9 Å². The molecule has 0 aliphatic carbocycles. The van der Waals surface area contributed by atoms with Gasteiger partial charge in [-0.25, -0.2) is 0 Å². The molecule has 2 atom stereocenters. The number of para-hydroxylation sites is 1. The lowest BCUT2D eigenvalue weighted by Crippen LogP contribution is -2.44. The fourth-order valence-electron chi connectivity index (χ4n) is 2.22. The number of hydrogen-bond donors (Lipinski definition) is 1. The summed E-state index contributed by atoms with van der Waals surface area (Å²) < 4.78 is 11.4. The van der Waals surface area contributed by atoms with Gasteiger partial charge < -0.3 is 14.8 Å². The number of ether oxygens (including phenoxy) is 2. The molecule has 0 aliphatic heterocycles. The number of aryl methyl sites for hydroxylation is 1. The van der Waals surface area contributed by atoms with Crippen molar-refractivity contribution in [2.75, 3.05) is 6.61 Å². The van der Waals surface area contributed by atoms with Crippen molar-refractivity contribution in [1.82, 2.24) is 5.32 Å². The number of carbonyl (C=O) groups excluding carboxylic acids is 1. The Morgan fingerprint density at radius 2 is 1.71 bits per heavy atom. The smallest absolute Gasteiger partial charge is 0.261 e. The van der Waals surface area contributed by atoms with Crippen molar-refractivity contribution < 1.29 is 14.3 Å². The van der Waals surface area contributed by atoms with Crippen LogP contribution in [0.25, 0.3) is 0 Å². The van der Waals surface area contributed by atoms with Crippen LogP contribution >= 0.6 is 0 Å². The van der Waals surface area contributed by atoms with Crippen molar-refractivity contribution in [3.05, 3.63) is 60.2 Å². The third kappa shape index (κ3) is 5.61. The molecule has 4 nitrogen and oxygen atoms in total. The molecule has 4 heteroatoms. The molecule has 2 aromatic rings. The highest BCUT2D eigenvalue weighted by molar-refractivity contribution is 5.81. The van der Waals surface area contributed by atoms with Crippen molar-refractivity contribution in [2.45, 2.75) is 39.3 Å². The van der Waals surface area contributed by atoms with Gasteiger partial charge in [0.2, 0.25) is 0 Å². The first-order chi connectivity index (χ1) is 11.6. The fourth-order valence-corrected chi connectivity index (χ4v) is 2.22. The SMILES string of the molecule is CC[C@H](Oc1ccccc1)C(=O)N[C@H](C)COc1ccc(C)cc1. The van der Waals surface area contributed by atoms with Gasteiger partial charge in [-0.15, -0.1) is 0 Å². The van der Waals surface area contributed by atoms with E-state index in [2.05, 4.69) is 5.32 Å². The van der Waals surface area contributed by atoms with Crippen LogP contribution in [-0.2, 0) is 4.79 Å². The van der Waals surface area contributed by atoms with Crippen LogP contribution in [0.3, 0.4) is 0 Å². The van der Waals surface area contributed by atoms with Gasteiger partial charge in [-0.2, -0.15) is 0 Å². The Morgan fingerprint density at radius 3 is 2.33 bits per heavy atom. The van der Waals surface area contributed by atoms with Gasteiger partial charge in [0.15, 0.2) is 6.10 Å². The van der Waals surface area contributed by atoms with E-state index >= 15 is 0 Å². The Balaban J connectivity index is 1.81. The van der Waals surface area contributed by atoms with Crippen LogP contribution in [0.5, 0.6) is 11.5 Å². The average molecular weight is 327 g/mol. The average Bonchev–Trinajstić information content (AvgIpc) is 2.60. The van der Waals surface area contributed by atoms with Gasteiger partial charge in [0.1, 0.15) is 18.1 Å². The van der Waals surface area contributed by atoms with Gasteiger partial charge >= 0.3 is 0 Å². The topological polar surface area (TPSA) is 47.6 Å². The van der Waals surface area contributed by atoms with Crippen LogP contribution in [0.1, 0.15) is 25.8 Å². The molecule has 2 aromatic carbocycles. The first kappa shape index (κ1) is 17.9. The molecule has 0 spiro atoms. The maximum Gasteiger partial charge on any atom is 0.261 e. The van der Waals surface area contributed by atoms with E-state index in [1.54, 1.807) is 0 Å². The molecule has 0 aromatic heterocycles. The van der Waals surface area contributed by atoms with E-state index in [0.717, 1.165) is 5.75 Å². The number of benzene rings is 2. The second kappa shape index (κ2) is 8.96. The van der Waals surface area contributed by atoms with Crippen LogP contribution in [0.2, 0.25) is 0 Å². The lowest BCUT2D eigenvalue weighted by atomic mass is 10.2. The summed E-state index contributed by atoms with van der Waals surface area (Å²) in [5.41, 5.74) is 1.19. The fraction of sp³-hybridized carbons (Fsp3) is 0.350. The Hall–Kier alpha value is -2.49. The minimum Gasteiger partial charge on any atom is -0.491 e. The van der Waals surface area contributed by atoms with Gasteiger partial charge in [0.05, 0.1) is 6.04 Å². The van der Waals surface area contributed by atoms with Crippen molar-refractivity contribution in [1.29, 1.82) is 0 Å². The summed E-state index contributed by atoms with van der Waals surface area (Å²) in [4.78, 5) is 12.4. The Kier molecular flexibility index (Phi) is 6.67. The highest BCUT2D eigenvalue weighted by Crippen LogP contribution is 2.13. The predicted molar refractivity (Wildman–Crippen MR) is 95.4 cm³/mol. The van der Waals surface area contributed by atoms with E-state index in [0.29, 0.717) is 18.8 Å². The zero-order chi connectivity index (χ0) is 17.4. The molecule has 1 amide bonds. The molecule has 0 unspecified atom stereocenters. The van der Waals surface area contributed by atoms with Crippen LogP contribution in [0.4, 0.5) is 0 Å². The van der Waals surface area contributed by atoms with Crippen molar-refractivity contribution >= 4 is 5.91 Å². The van der Waals surface area contributed by atoms with E-state index in [9.17, 15) is 4.79 Å². The van der Waals surface area contributed by atoms with Crippen molar-refractivity contribution in [3.8, 4) is 11.5 Å². The minimum atomic E-state index is -0.505. The van der Waals surface area contributed by atoms with Gasteiger partial charge in [0.25, 0.3) is 5.91 Å². The van der Waals surface area contributed by atoms with E-state index in [4.69, 9.17) is 9.47 Å². The van der Waals surface area contributed by atoms with Crippen LogP contribution < -0.4 is 14.8 Å². The lowest BCUT2D eigenvalue weighted by Gasteiger charge is -2.20. The second-order valence-electron chi connectivity index (χ2n) is 5.86. The van der Waals surface area contributed by atoms with Crippen LogP contribution in [0.15, 0.2) is 54.6 Å². The highest BCUT2D eigenvalue weighted by atomic mass is 16.5. The molecule has 0 heterocycles. The Bertz CT molecular complexity index is 625. The molecular weight excluding hydrogens is 302 g/mol. The molecule has 0 fully saturated rings. The van der Waals surface area contributed by atoms with Gasteiger partial charge in [-0.3, -0.25) is 4.79 Å². The van der Waals surface area contributed by atoms with Crippen molar-refractivity contribution in [3.63, 3.8) is 0 Å². The molecule has 0 saturated heterocycles. The second-order valence-corrected chi connectivity index (χ2v) is 5.86. The summed E-state index contributed by atoms with van der Waals surface area (Å²) in [5, 5.41) is 2.94. The summed E-state index contributed by atoms with van der Waals surface area (Å²) in [5.74, 6) is 1.37. The molecule has 0 aliphatic rings. The van der Waals surface area contributed by atoms with E-state index in [1.165, 1.54) is 5.56 Å². The predicted octanol–water partition coefficient (Wildman–Crippen LogP) is 3.74. The zero-order valence-corrected chi connectivity index (χ0v) is 14.5. The molecule has 128 valence electrons. The number of hydrogen-bond acceptors (Lipinski definition) is 3. The summed E-state index contributed by atoms with van der Waals surface area (Å²) in [7, 11) is 0. The van der Waals surface area contributed by atoms with E-state index in [1.807, 2.05) is 75.4 Å². The van der Waals surface area contributed by atoms with Crippen LogP contribution in [-0.4, -0.2) is 24.7 Å². The summed E-state index contributed by atoms with van der Waals surface area (Å²) >= 11 is 0. The maximum atomic E-state index is 12.4. The number of nitrogens with one attached hydrogen (secondary N) is 1. The van der Waals surface area contributed by atoms with Gasteiger partial charge in [0, 0.05) is 0 Å². The molecule has 0 saturated carbocycles. The lowest BCUT2D eigenvalue weighted by molar-refractivity contribution is -0.128. The standard InChI is InChI=1S/C20H25NO3/c1-4-19(24-18-8-6-5-7-9-18)20(22)21-16(3)14-23-17-12-10-15(2)11-13-17/h5-13,16,19H,4,14H2,1-3H3,(H,21,22)/t16-,19+/m1/s1. The number of rotatable bonds is 8. The normalized spacial score (nSPS) is 13.0. The van der Waals surface area contributed by atoms with Crippen molar-refractivity contribution in [2.24, 2.45) is 0 Å². The highest BCUT2D eigenvalue weighted by Gasteiger charge is 2.20. The molecule has 2 rings (SSSR count). The third-order valence-electron chi connectivity index (χ3n) is 3.59. The number of carbonyl (C=O) groups is 1. The first-order valence-corrected chi connectivity index (χ1v) is 8.30. The Morgan fingerprint density at radius 1 is 1.04 bits per heavy atom. The van der Waals surface area contributed by atoms with Gasteiger partial charge in [-0.1, -0.05) is 42.8 Å². The largest absolute Gasteiger partial charge is 0.491 e. The summed E-state index contributed by atoms with van der Waals surface area (Å²) in [6.45, 7) is 6.29. The zero-order valence-electron chi connectivity index (χ0n) is 14.5. The molecule has 0 bridgehead atoms. The van der Waals surface area contributed by atoms with E-state index < -0.39 is 6.10 Å². The summed E-state index contributed by atoms with van der Waals surface area (Å²) in [6.07, 6.45) is 0.0981. The monoisotopic (exact) mass is 327 g/mol. The maximum absolute atomic E-state index is 12.4.